The van der Waals surface area contributed by atoms with Gasteiger partial charge in [-0.1, -0.05) is 6.42 Å². The van der Waals surface area contributed by atoms with Crippen LogP contribution >= 0.6 is 0 Å². The lowest BCUT2D eigenvalue weighted by Gasteiger charge is -2.14. The number of nitrogens with zero attached hydrogens (tertiary/aromatic N) is 1. The number of aliphatic hydroxyl groups is 2. The van der Waals surface area contributed by atoms with Crippen LogP contribution in [0.3, 0.4) is 0 Å². The summed E-state index contributed by atoms with van der Waals surface area (Å²) < 4.78 is 11.0. The molecule has 0 bridgehead atoms. The van der Waals surface area contributed by atoms with E-state index >= 15 is 0 Å². The van der Waals surface area contributed by atoms with E-state index in [-0.39, 0.29) is 18.8 Å². The largest absolute Gasteiger partial charge is 0.400 e. The van der Waals surface area contributed by atoms with E-state index in [1.807, 2.05) is 11.1 Å². The highest BCUT2D eigenvalue weighted by Crippen LogP contribution is 2.27. The molecule has 19 heavy (non-hydrogen) atoms. The highest BCUT2D eigenvalue weighted by molar-refractivity contribution is 5.15. The van der Waals surface area contributed by atoms with Gasteiger partial charge in [0.2, 0.25) is 5.75 Å². The quantitative estimate of drug-likeness (QED) is 0.554. The number of rotatable bonds is 3. The minimum absolute atomic E-state index is 0.104. The van der Waals surface area contributed by atoms with Crippen LogP contribution in [0.2, 0.25) is 0 Å². The molecule has 0 spiro atoms. The number of aromatic nitrogens is 2. The molecule has 2 rings (SSSR count). The van der Waals surface area contributed by atoms with Gasteiger partial charge >= 0.3 is 5.69 Å². The predicted octanol–water partition coefficient (Wildman–Crippen LogP) is -1.85. The summed E-state index contributed by atoms with van der Waals surface area (Å²) >= 11 is 0. The zero-order valence-electron chi connectivity index (χ0n) is 9.78. The fourth-order valence-electron chi connectivity index (χ4n) is 1.87. The van der Waals surface area contributed by atoms with E-state index in [9.17, 15) is 14.7 Å². The number of terminal acetylenes is 1. The first-order chi connectivity index (χ1) is 9.06. The number of aliphatic hydroxyl groups excluding tert-OH is 2. The Kier molecular flexibility index (Phi) is 3.71. The minimum atomic E-state index is -0.897. The normalized spacial score (nSPS) is 26.1. The maximum Gasteiger partial charge on any atom is 0.330 e. The molecule has 0 aliphatic carbocycles. The number of ether oxygens (including phenoxy) is 2. The Morgan fingerprint density at radius 3 is 2.95 bits per heavy atom. The van der Waals surface area contributed by atoms with Crippen LogP contribution in [0.25, 0.3) is 0 Å². The third-order valence-corrected chi connectivity index (χ3v) is 2.80. The Morgan fingerprint density at radius 2 is 2.37 bits per heavy atom. The van der Waals surface area contributed by atoms with Gasteiger partial charge in [-0.2, -0.15) is 0 Å². The fourth-order valence-corrected chi connectivity index (χ4v) is 1.87. The van der Waals surface area contributed by atoms with Gasteiger partial charge in [-0.25, -0.2) is 4.79 Å². The predicted molar refractivity (Wildman–Crippen MR) is 62.4 cm³/mol. The molecule has 102 valence electrons. The molecule has 8 nitrogen and oxygen atoms in total. The van der Waals surface area contributed by atoms with E-state index in [4.69, 9.17) is 16.3 Å². The number of aromatic amines is 1. The molecular formula is C11H12N2O6. The van der Waals surface area contributed by atoms with E-state index in [0.29, 0.717) is 0 Å². The summed E-state index contributed by atoms with van der Waals surface area (Å²) in [5.41, 5.74) is -1.47. The molecule has 0 saturated carbocycles. The van der Waals surface area contributed by atoms with Gasteiger partial charge in [0.1, 0.15) is 18.4 Å². The van der Waals surface area contributed by atoms with E-state index in [0.717, 1.165) is 10.8 Å². The summed E-state index contributed by atoms with van der Waals surface area (Å²) in [7, 11) is 0. The van der Waals surface area contributed by atoms with Crippen molar-refractivity contribution in [3.8, 4) is 18.3 Å². The smallest absolute Gasteiger partial charge is 0.330 e. The van der Waals surface area contributed by atoms with Crippen LogP contribution in [-0.4, -0.2) is 38.6 Å². The highest BCUT2D eigenvalue weighted by atomic mass is 16.5. The second-order valence-corrected chi connectivity index (χ2v) is 3.99. The number of nitrogens with one attached hydrogen (secondary N) is 1. The molecule has 8 heteroatoms. The zero-order valence-corrected chi connectivity index (χ0v) is 9.78. The van der Waals surface area contributed by atoms with Crippen molar-refractivity contribution >= 4 is 0 Å². The summed E-state index contributed by atoms with van der Waals surface area (Å²) in [6.45, 7) is -0.372. The van der Waals surface area contributed by atoms with Crippen molar-refractivity contribution in [2.24, 2.45) is 0 Å². The Morgan fingerprint density at radius 1 is 1.63 bits per heavy atom. The first-order valence-electron chi connectivity index (χ1n) is 5.49. The molecule has 1 aromatic heterocycles. The van der Waals surface area contributed by atoms with E-state index in [1.54, 1.807) is 0 Å². The SMILES string of the molecule is C#COc1cn([C@H]2C[C@H](O)[C@@H](CO)O2)c(=O)[nH]c1=O. The lowest BCUT2D eigenvalue weighted by atomic mass is 10.2. The molecule has 3 N–H and O–H groups in total. The number of hydrogen-bond acceptors (Lipinski definition) is 6. The first kappa shape index (κ1) is 13.4. The third-order valence-electron chi connectivity index (χ3n) is 2.80. The lowest BCUT2D eigenvalue weighted by molar-refractivity contribution is -0.0460. The zero-order chi connectivity index (χ0) is 14.0. The lowest BCUT2D eigenvalue weighted by Crippen LogP contribution is -2.32. The summed E-state index contributed by atoms with van der Waals surface area (Å²) in [6, 6.07) is 0. The molecule has 1 aliphatic rings. The van der Waals surface area contributed by atoms with Gasteiger partial charge in [0, 0.05) is 6.42 Å². The molecule has 3 atom stereocenters. The number of hydrogen-bond donors (Lipinski definition) is 3. The van der Waals surface area contributed by atoms with Gasteiger partial charge in [-0.15, -0.1) is 0 Å². The molecule has 1 aliphatic heterocycles. The average Bonchev–Trinajstić information content (AvgIpc) is 2.74. The van der Waals surface area contributed by atoms with Crippen molar-refractivity contribution in [3.05, 3.63) is 27.0 Å². The van der Waals surface area contributed by atoms with E-state index in [1.165, 1.54) is 0 Å². The second kappa shape index (κ2) is 5.27. The van der Waals surface area contributed by atoms with Crippen molar-refractivity contribution in [2.75, 3.05) is 6.61 Å². The minimum Gasteiger partial charge on any atom is -0.400 e. The summed E-state index contributed by atoms with van der Waals surface area (Å²) in [5, 5.41) is 18.6. The average molecular weight is 268 g/mol. The Bertz CT molecular complexity index is 613. The van der Waals surface area contributed by atoms with Crippen molar-refractivity contribution in [2.45, 2.75) is 24.9 Å². The van der Waals surface area contributed by atoms with Crippen LogP contribution in [-0.2, 0) is 4.74 Å². The van der Waals surface area contributed by atoms with Crippen molar-refractivity contribution in [1.29, 1.82) is 0 Å². The van der Waals surface area contributed by atoms with Gasteiger partial charge in [0.15, 0.2) is 0 Å². The van der Waals surface area contributed by atoms with Gasteiger partial charge < -0.3 is 19.7 Å². The molecule has 1 fully saturated rings. The van der Waals surface area contributed by atoms with E-state index in [2.05, 4.69) is 4.74 Å². The van der Waals surface area contributed by atoms with Gasteiger partial charge in [0.05, 0.1) is 18.9 Å². The standard InChI is InChI=1S/C11H12N2O6/c1-2-18-7-4-13(11(17)12-10(7)16)9-3-6(15)8(5-14)19-9/h1,4,6,8-9,14-15H,3,5H2,(H,12,16,17)/t6-,8+,9+/m0/s1. The maximum absolute atomic E-state index is 11.7. The summed E-state index contributed by atoms with van der Waals surface area (Å²) in [5.74, 6) is -0.229. The summed E-state index contributed by atoms with van der Waals surface area (Å²) in [6.07, 6.45) is 5.48. The molecule has 1 saturated heterocycles. The van der Waals surface area contributed by atoms with Crippen molar-refractivity contribution in [1.82, 2.24) is 9.55 Å². The fraction of sp³-hybridized carbons (Fsp3) is 0.455. The first-order valence-corrected chi connectivity index (χ1v) is 5.49. The van der Waals surface area contributed by atoms with Crippen LogP contribution in [0, 0.1) is 12.5 Å². The Labute approximate surface area is 107 Å². The summed E-state index contributed by atoms with van der Waals surface area (Å²) in [4.78, 5) is 25.0. The van der Waals surface area contributed by atoms with Gasteiger partial charge in [-0.3, -0.25) is 14.3 Å². The third kappa shape index (κ3) is 2.53. The van der Waals surface area contributed by atoms with Crippen molar-refractivity contribution < 1.29 is 19.7 Å². The Hall–Kier alpha value is -2.08. The van der Waals surface area contributed by atoms with Crippen LogP contribution in [0.5, 0.6) is 5.75 Å². The van der Waals surface area contributed by atoms with Crippen LogP contribution in [0.1, 0.15) is 12.6 Å². The van der Waals surface area contributed by atoms with Gasteiger partial charge in [0.25, 0.3) is 5.56 Å². The van der Waals surface area contributed by atoms with Gasteiger partial charge in [-0.05, 0) is 0 Å². The molecular weight excluding hydrogens is 256 g/mol. The van der Waals surface area contributed by atoms with E-state index < -0.39 is 29.7 Å². The van der Waals surface area contributed by atoms with Crippen molar-refractivity contribution in [3.63, 3.8) is 0 Å². The Balaban J connectivity index is 2.36. The second-order valence-electron chi connectivity index (χ2n) is 3.99. The molecule has 0 unspecified atom stereocenters. The van der Waals surface area contributed by atoms with Crippen LogP contribution < -0.4 is 16.0 Å². The molecule has 0 aromatic carbocycles. The topological polar surface area (TPSA) is 114 Å². The maximum atomic E-state index is 11.7. The molecule has 0 amide bonds. The molecule has 0 radical (unpaired) electrons. The number of H-pyrrole nitrogens is 1. The van der Waals surface area contributed by atoms with Crippen LogP contribution in [0.15, 0.2) is 15.8 Å². The van der Waals surface area contributed by atoms with Crippen LogP contribution in [0.4, 0.5) is 0 Å². The molecule has 1 aromatic rings. The molecule has 2 heterocycles. The monoisotopic (exact) mass is 268 g/mol. The highest BCUT2D eigenvalue weighted by Gasteiger charge is 2.35.